The molecule has 1 aliphatic rings. The Morgan fingerprint density at radius 2 is 2.11 bits per heavy atom. The molecule has 106 valence electrons. The van der Waals surface area contributed by atoms with Crippen molar-refractivity contribution in [3.63, 3.8) is 0 Å². The first-order chi connectivity index (χ1) is 8.09. The normalized spacial score (nSPS) is 18.9. The molecule has 0 radical (unpaired) electrons. The fourth-order valence-corrected chi connectivity index (χ4v) is 1.91. The zero-order chi connectivity index (χ0) is 12.7. The van der Waals surface area contributed by atoms with Crippen molar-refractivity contribution in [2.45, 2.75) is 39.2 Å². The van der Waals surface area contributed by atoms with Crippen molar-refractivity contribution in [1.29, 1.82) is 0 Å². The summed E-state index contributed by atoms with van der Waals surface area (Å²) in [7, 11) is 0. The number of piperidine rings is 1. The summed E-state index contributed by atoms with van der Waals surface area (Å²) < 4.78 is 0. The molecule has 0 aromatic carbocycles. The Balaban J connectivity index is 0.00000289. The van der Waals surface area contributed by atoms with Gasteiger partial charge in [0, 0.05) is 25.6 Å². The van der Waals surface area contributed by atoms with Crippen molar-refractivity contribution >= 4 is 24.2 Å². The number of carbonyl (C=O) groups is 2. The molecule has 1 aliphatic heterocycles. The van der Waals surface area contributed by atoms with Crippen LogP contribution in [-0.4, -0.2) is 37.5 Å². The van der Waals surface area contributed by atoms with Crippen LogP contribution in [0.25, 0.3) is 0 Å². The predicted molar refractivity (Wildman–Crippen MR) is 73.7 cm³/mol. The standard InChI is InChI=1S/C12H23N3O2.ClH/c1-9(2)15-11(16)5-7-14-12(17)10-4-3-6-13-8-10;/h9-10,13H,3-8H2,1-2H3,(H,14,17)(H,15,16);1H. The summed E-state index contributed by atoms with van der Waals surface area (Å²) in [5.41, 5.74) is 0. The Bertz CT molecular complexity index is 266. The van der Waals surface area contributed by atoms with Gasteiger partial charge >= 0.3 is 0 Å². The van der Waals surface area contributed by atoms with Gasteiger partial charge < -0.3 is 16.0 Å². The first-order valence-electron chi connectivity index (χ1n) is 6.37. The molecule has 1 saturated heterocycles. The number of rotatable bonds is 5. The first-order valence-corrected chi connectivity index (χ1v) is 6.37. The third kappa shape index (κ3) is 6.81. The zero-order valence-electron chi connectivity index (χ0n) is 11.1. The molecule has 3 N–H and O–H groups in total. The Morgan fingerprint density at radius 1 is 1.39 bits per heavy atom. The maximum atomic E-state index is 11.7. The van der Waals surface area contributed by atoms with Gasteiger partial charge in [0.2, 0.25) is 11.8 Å². The van der Waals surface area contributed by atoms with Crippen LogP contribution in [0.15, 0.2) is 0 Å². The monoisotopic (exact) mass is 277 g/mol. The average Bonchev–Trinajstić information content (AvgIpc) is 2.29. The summed E-state index contributed by atoms with van der Waals surface area (Å²) in [6.45, 7) is 6.02. The van der Waals surface area contributed by atoms with E-state index in [0.717, 1.165) is 25.9 Å². The van der Waals surface area contributed by atoms with Crippen molar-refractivity contribution in [2.75, 3.05) is 19.6 Å². The molecule has 0 spiro atoms. The fraction of sp³-hybridized carbons (Fsp3) is 0.833. The summed E-state index contributed by atoms with van der Waals surface area (Å²) in [5, 5.41) is 8.81. The smallest absolute Gasteiger partial charge is 0.224 e. The van der Waals surface area contributed by atoms with Crippen LogP contribution < -0.4 is 16.0 Å². The zero-order valence-corrected chi connectivity index (χ0v) is 11.9. The minimum atomic E-state index is -0.0120. The summed E-state index contributed by atoms with van der Waals surface area (Å²) >= 11 is 0. The van der Waals surface area contributed by atoms with Crippen molar-refractivity contribution in [3.05, 3.63) is 0 Å². The lowest BCUT2D eigenvalue weighted by molar-refractivity contribution is -0.125. The Kier molecular flexibility index (Phi) is 8.75. The molecule has 2 amide bonds. The molecular formula is C12H24ClN3O2. The van der Waals surface area contributed by atoms with Gasteiger partial charge in [0.05, 0.1) is 5.92 Å². The quantitative estimate of drug-likeness (QED) is 0.683. The van der Waals surface area contributed by atoms with Gasteiger partial charge in [-0.05, 0) is 33.2 Å². The molecule has 1 rings (SSSR count). The van der Waals surface area contributed by atoms with Gasteiger partial charge in [0.15, 0.2) is 0 Å². The largest absolute Gasteiger partial charge is 0.355 e. The van der Waals surface area contributed by atoms with Gasteiger partial charge in [-0.2, -0.15) is 0 Å². The van der Waals surface area contributed by atoms with Crippen LogP contribution in [0.4, 0.5) is 0 Å². The van der Waals surface area contributed by atoms with E-state index in [1.165, 1.54) is 0 Å². The molecule has 1 fully saturated rings. The highest BCUT2D eigenvalue weighted by Crippen LogP contribution is 2.09. The van der Waals surface area contributed by atoms with Crippen LogP contribution in [0.5, 0.6) is 0 Å². The minimum Gasteiger partial charge on any atom is -0.355 e. The van der Waals surface area contributed by atoms with E-state index in [1.54, 1.807) is 0 Å². The van der Waals surface area contributed by atoms with E-state index in [-0.39, 0.29) is 36.2 Å². The summed E-state index contributed by atoms with van der Waals surface area (Å²) in [6.07, 6.45) is 2.34. The third-order valence-corrected chi connectivity index (χ3v) is 2.77. The van der Waals surface area contributed by atoms with E-state index >= 15 is 0 Å². The second-order valence-electron chi connectivity index (χ2n) is 4.81. The summed E-state index contributed by atoms with van der Waals surface area (Å²) in [6, 6.07) is 0.153. The van der Waals surface area contributed by atoms with E-state index in [2.05, 4.69) is 16.0 Å². The minimum absolute atomic E-state index is 0. The van der Waals surface area contributed by atoms with Gasteiger partial charge in [0.25, 0.3) is 0 Å². The van der Waals surface area contributed by atoms with Crippen molar-refractivity contribution < 1.29 is 9.59 Å². The molecule has 0 aromatic rings. The molecule has 6 heteroatoms. The Hall–Kier alpha value is -0.810. The Labute approximate surface area is 115 Å². The fourth-order valence-electron chi connectivity index (χ4n) is 1.91. The number of halogens is 1. The highest BCUT2D eigenvalue weighted by molar-refractivity contribution is 5.85. The van der Waals surface area contributed by atoms with E-state index in [4.69, 9.17) is 0 Å². The topological polar surface area (TPSA) is 70.2 Å². The molecule has 5 nitrogen and oxygen atoms in total. The maximum absolute atomic E-state index is 11.7. The molecule has 0 aliphatic carbocycles. The van der Waals surface area contributed by atoms with Gasteiger partial charge in [-0.3, -0.25) is 9.59 Å². The van der Waals surface area contributed by atoms with Crippen LogP contribution in [0.3, 0.4) is 0 Å². The van der Waals surface area contributed by atoms with Crippen LogP contribution in [0.2, 0.25) is 0 Å². The summed E-state index contributed by atoms with van der Waals surface area (Å²) in [4.78, 5) is 23.1. The van der Waals surface area contributed by atoms with Crippen LogP contribution >= 0.6 is 12.4 Å². The predicted octanol–water partition coefficient (Wildman–Crippen LogP) is 0.439. The molecule has 1 heterocycles. The number of carbonyl (C=O) groups excluding carboxylic acids is 2. The SMILES string of the molecule is CC(C)NC(=O)CCNC(=O)C1CCCNC1.Cl. The van der Waals surface area contributed by atoms with E-state index in [0.29, 0.717) is 13.0 Å². The van der Waals surface area contributed by atoms with Crippen molar-refractivity contribution in [2.24, 2.45) is 5.92 Å². The van der Waals surface area contributed by atoms with Crippen molar-refractivity contribution in [1.82, 2.24) is 16.0 Å². The van der Waals surface area contributed by atoms with E-state index in [1.807, 2.05) is 13.8 Å². The number of hydrogen-bond donors (Lipinski definition) is 3. The van der Waals surface area contributed by atoms with Gasteiger partial charge in [-0.1, -0.05) is 0 Å². The average molecular weight is 278 g/mol. The van der Waals surface area contributed by atoms with Crippen LogP contribution in [0, 0.1) is 5.92 Å². The Morgan fingerprint density at radius 3 is 2.67 bits per heavy atom. The molecule has 0 aromatic heterocycles. The third-order valence-electron chi connectivity index (χ3n) is 2.77. The second kappa shape index (κ2) is 9.16. The van der Waals surface area contributed by atoms with Crippen LogP contribution in [-0.2, 0) is 9.59 Å². The molecule has 0 bridgehead atoms. The number of amides is 2. The molecule has 1 atom stereocenters. The molecule has 1 unspecified atom stereocenters. The lowest BCUT2D eigenvalue weighted by Crippen LogP contribution is -2.41. The van der Waals surface area contributed by atoms with Gasteiger partial charge in [0.1, 0.15) is 0 Å². The molecule has 0 saturated carbocycles. The summed E-state index contributed by atoms with van der Waals surface area (Å²) in [5.74, 6) is 0.119. The van der Waals surface area contributed by atoms with Crippen molar-refractivity contribution in [3.8, 4) is 0 Å². The highest BCUT2D eigenvalue weighted by Gasteiger charge is 2.20. The molecule has 18 heavy (non-hydrogen) atoms. The van der Waals surface area contributed by atoms with Gasteiger partial charge in [-0.25, -0.2) is 0 Å². The lowest BCUT2D eigenvalue weighted by atomic mass is 9.99. The van der Waals surface area contributed by atoms with E-state index in [9.17, 15) is 9.59 Å². The molecular weight excluding hydrogens is 254 g/mol. The second-order valence-corrected chi connectivity index (χ2v) is 4.81. The number of nitrogens with one attached hydrogen (secondary N) is 3. The van der Waals surface area contributed by atoms with E-state index < -0.39 is 0 Å². The first kappa shape index (κ1) is 17.2. The highest BCUT2D eigenvalue weighted by atomic mass is 35.5. The lowest BCUT2D eigenvalue weighted by Gasteiger charge is -2.21. The van der Waals surface area contributed by atoms with Gasteiger partial charge in [-0.15, -0.1) is 12.4 Å². The van der Waals surface area contributed by atoms with Crippen LogP contribution in [0.1, 0.15) is 33.1 Å². The maximum Gasteiger partial charge on any atom is 0.224 e. The number of hydrogen-bond acceptors (Lipinski definition) is 3.